The molecule has 2 aliphatic carbocycles. The summed E-state index contributed by atoms with van der Waals surface area (Å²) in [5.41, 5.74) is -1.17. The Bertz CT molecular complexity index is 1650. The van der Waals surface area contributed by atoms with E-state index in [4.69, 9.17) is 4.84 Å². The second kappa shape index (κ2) is 10.8. The molecule has 0 saturated heterocycles. The van der Waals surface area contributed by atoms with Gasteiger partial charge < -0.3 is 10.2 Å². The van der Waals surface area contributed by atoms with Gasteiger partial charge in [0.25, 0.3) is 11.4 Å². The zero-order valence-electron chi connectivity index (χ0n) is 23.6. The predicted molar refractivity (Wildman–Crippen MR) is 156 cm³/mol. The van der Waals surface area contributed by atoms with Crippen LogP contribution >= 0.6 is 0 Å². The van der Waals surface area contributed by atoms with Crippen LogP contribution in [0.1, 0.15) is 50.4 Å². The van der Waals surface area contributed by atoms with Crippen molar-refractivity contribution in [2.45, 2.75) is 40.0 Å². The molecule has 43 heavy (non-hydrogen) atoms. The van der Waals surface area contributed by atoms with Crippen LogP contribution in [0.5, 0.6) is 0 Å². The molecule has 13 nitrogen and oxygen atoms in total. The van der Waals surface area contributed by atoms with Gasteiger partial charge in [-0.2, -0.15) is 10.2 Å². The number of hydrogen-bond donors (Lipinski definition) is 1. The van der Waals surface area contributed by atoms with Crippen LogP contribution in [-0.2, 0) is 9.63 Å². The van der Waals surface area contributed by atoms with E-state index >= 15 is 0 Å². The highest BCUT2D eigenvalue weighted by molar-refractivity contribution is 6.06. The minimum atomic E-state index is -1.08. The van der Waals surface area contributed by atoms with Gasteiger partial charge in [0.15, 0.2) is 0 Å². The van der Waals surface area contributed by atoms with Gasteiger partial charge in [0.1, 0.15) is 0 Å². The molecule has 0 heterocycles. The number of nitro benzene ring substituents is 2. The Morgan fingerprint density at radius 3 is 2.00 bits per heavy atom. The van der Waals surface area contributed by atoms with Crippen molar-refractivity contribution in [2.75, 3.05) is 5.32 Å². The van der Waals surface area contributed by atoms with Gasteiger partial charge in [-0.1, -0.05) is 44.1 Å². The Kier molecular flexibility index (Phi) is 7.34. The number of amides is 1. The summed E-state index contributed by atoms with van der Waals surface area (Å²) in [7, 11) is 0. The van der Waals surface area contributed by atoms with E-state index in [1.165, 1.54) is 0 Å². The minimum Gasteiger partial charge on any atom is -0.326 e. The van der Waals surface area contributed by atoms with Crippen molar-refractivity contribution in [3.63, 3.8) is 0 Å². The number of hydrogen-bond acceptors (Lipinski definition) is 10. The molecule has 2 bridgehead atoms. The van der Waals surface area contributed by atoms with E-state index in [-0.39, 0.29) is 17.9 Å². The number of carbonyl (C=O) groups is 2. The molecule has 1 N–H and O–H groups in total. The fourth-order valence-corrected chi connectivity index (χ4v) is 6.07. The molecule has 220 valence electrons. The third kappa shape index (κ3) is 5.13. The number of carbonyl (C=O) groups excluding carboxylic acids is 2. The maximum atomic E-state index is 13.8. The number of azo groups is 1. The molecule has 2 saturated carbocycles. The van der Waals surface area contributed by atoms with E-state index in [0.29, 0.717) is 29.9 Å². The summed E-state index contributed by atoms with van der Waals surface area (Å²) in [4.78, 5) is 52.5. The molecule has 2 unspecified atom stereocenters. The highest BCUT2D eigenvalue weighted by Gasteiger charge is 2.71. The van der Waals surface area contributed by atoms with Gasteiger partial charge in [-0.15, -0.1) is 0 Å². The van der Waals surface area contributed by atoms with E-state index in [1.54, 1.807) is 24.3 Å². The fourth-order valence-electron chi connectivity index (χ4n) is 6.07. The average Bonchev–Trinajstić information content (AvgIpc) is 3.30. The molecule has 13 heteroatoms. The third-order valence-electron chi connectivity index (χ3n) is 9.13. The number of anilines is 1. The van der Waals surface area contributed by atoms with Crippen molar-refractivity contribution in [2.24, 2.45) is 31.6 Å². The van der Waals surface area contributed by atoms with Gasteiger partial charge in [0.05, 0.1) is 44.0 Å². The topological polar surface area (TPSA) is 179 Å². The summed E-state index contributed by atoms with van der Waals surface area (Å²) < 4.78 is 0. The fraction of sp³-hybridized carbons (Fsp3) is 0.300. The molecule has 2 aliphatic rings. The normalized spacial score (nSPS) is 22.9. The van der Waals surface area contributed by atoms with Crippen LogP contribution in [0.15, 0.2) is 88.2 Å². The molecular weight excluding hydrogens is 556 g/mol. The van der Waals surface area contributed by atoms with Crippen molar-refractivity contribution in [1.29, 1.82) is 0 Å². The van der Waals surface area contributed by atoms with Gasteiger partial charge in [-0.25, -0.2) is 4.79 Å². The first-order valence-corrected chi connectivity index (χ1v) is 13.5. The lowest BCUT2D eigenvalue weighted by molar-refractivity contribution is -0.394. The largest absolute Gasteiger partial charge is 0.366 e. The number of benzene rings is 3. The molecule has 1 amide bonds. The lowest BCUT2D eigenvalue weighted by Crippen LogP contribution is -2.43. The molecule has 5 rings (SSSR count). The lowest BCUT2D eigenvalue weighted by Gasteiger charge is -2.39. The minimum absolute atomic E-state index is 0.189. The molecule has 2 atom stereocenters. The quantitative estimate of drug-likeness (QED) is 0.125. The van der Waals surface area contributed by atoms with E-state index in [0.717, 1.165) is 23.9 Å². The SMILES string of the molecule is CC12CCC(C(=O)Nc3ccc(N=Nc4ccccc4)cc3)(C/C1=N\OC(=O)c1cc([N+](=O)[O-])cc([N+](=O)[O-])c1)C2(C)C. The second-order valence-corrected chi connectivity index (χ2v) is 11.4. The number of rotatable bonds is 8. The van der Waals surface area contributed by atoms with Gasteiger partial charge >= 0.3 is 5.97 Å². The van der Waals surface area contributed by atoms with Gasteiger partial charge in [0, 0.05) is 29.7 Å². The first-order chi connectivity index (χ1) is 20.4. The first-order valence-electron chi connectivity index (χ1n) is 13.5. The third-order valence-corrected chi connectivity index (χ3v) is 9.13. The number of non-ortho nitro benzene ring substituents is 2. The van der Waals surface area contributed by atoms with Crippen LogP contribution in [0.25, 0.3) is 0 Å². The number of nitrogens with zero attached hydrogens (tertiary/aromatic N) is 5. The van der Waals surface area contributed by atoms with Crippen molar-refractivity contribution >= 4 is 46.0 Å². The maximum Gasteiger partial charge on any atom is 0.366 e. The highest BCUT2D eigenvalue weighted by atomic mass is 16.7. The summed E-state index contributed by atoms with van der Waals surface area (Å²) in [6, 6.07) is 18.9. The van der Waals surface area contributed by atoms with Gasteiger partial charge in [-0.3, -0.25) is 25.0 Å². The summed E-state index contributed by atoms with van der Waals surface area (Å²) in [6.45, 7) is 5.94. The Hall–Kier alpha value is -5.33. The highest BCUT2D eigenvalue weighted by Crippen LogP contribution is 2.71. The van der Waals surface area contributed by atoms with E-state index in [1.807, 2.05) is 51.1 Å². The Balaban J connectivity index is 1.33. The first kappa shape index (κ1) is 29.2. The predicted octanol–water partition coefficient (Wildman–Crippen LogP) is 7.29. The number of nitro groups is 2. The molecule has 0 spiro atoms. The molecule has 3 aromatic rings. The maximum absolute atomic E-state index is 13.8. The summed E-state index contributed by atoms with van der Waals surface area (Å²) >= 11 is 0. The molecule has 2 fully saturated rings. The molecular formula is C30H28N6O7. The molecule has 0 aromatic heterocycles. The summed E-state index contributed by atoms with van der Waals surface area (Å²) in [5, 5.41) is 38.0. The molecule has 0 radical (unpaired) electrons. The van der Waals surface area contributed by atoms with Gasteiger partial charge in [0.2, 0.25) is 5.91 Å². The van der Waals surface area contributed by atoms with E-state index < -0.39 is 43.4 Å². The van der Waals surface area contributed by atoms with Crippen LogP contribution in [0.2, 0.25) is 0 Å². The summed E-state index contributed by atoms with van der Waals surface area (Å²) in [6.07, 6.45) is 1.44. The van der Waals surface area contributed by atoms with Gasteiger partial charge in [-0.05, 0) is 54.7 Å². The van der Waals surface area contributed by atoms with Crippen LogP contribution in [0.4, 0.5) is 28.4 Å². The molecule has 0 aliphatic heterocycles. The zero-order chi connectivity index (χ0) is 31.0. The Labute approximate surface area is 246 Å². The lowest BCUT2D eigenvalue weighted by atomic mass is 9.64. The number of nitrogens with one attached hydrogen (secondary N) is 1. The smallest absolute Gasteiger partial charge is 0.326 e. The zero-order valence-corrected chi connectivity index (χ0v) is 23.6. The van der Waals surface area contributed by atoms with Crippen molar-refractivity contribution in [1.82, 2.24) is 0 Å². The van der Waals surface area contributed by atoms with E-state index in [9.17, 15) is 29.8 Å². The van der Waals surface area contributed by atoms with Crippen LogP contribution in [0, 0.1) is 36.5 Å². The Morgan fingerprint density at radius 1 is 0.837 bits per heavy atom. The van der Waals surface area contributed by atoms with E-state index in [2.05, 4.69) is 20.7 Å². The standard InChI is InChI=1S/C30H28N6O7/c1-28(2)29(3)13-14-30(28,27(38)31-20-9-11-22(12-10-20)33-32-21-7-5-4-6-8-21)18-25(29)34-43-26(37)19-15-23(35(39)40)17-24(16-19)36(41)42/h4-12,15-17H,13-14,18H2,1-3H3,(H,31,38)/b33-32?,34-25+. The van der Waals surface area contributed by atoms with Crippen LogP contribution in [-0.4, -0.2) is 27.4 Å². The number of oxime groups is 1. The van der Waals surface area contributed by atoms with Crippen LogP contribution in [0.3, 0.4) is 0 Å². The monoisotopic (exact) mass is 584 g/mol. The summed E-state index contributed by atoms with van der Waals surface area (Å²) in [5.74, 6) is -1.27. The number of fused-ring (bicyclic) bond motifs is 2. The van der Waals surface area contributed by atoms with Crippen LogP contribution < -0.4 is 5.32 Å². The van der Waals surface area contributed by atoms with Crippen molar-refractivity contribution < 1.29 is 24.3 Å². The van der Waals surface area contributed by atoms with Crippen molar-refractivity contribution in [3.8, 4) is 0 Å². The van der Waals surface area contributed by atoms with Crippen molar-refractivity contribution in [3.05, 3.63) is 98.6 Å². The molecule has 3 aromatic carbocycles. The second-order valence-electron chi connectivity index (χ2n) is 11.4. The average molecular weight is 585 g/mol. The Morgan fingerprint density at radius 2 is 1.42 bits per heavy atom.